The maximum absolute atomic E-state index is 6.44. The van der Waals surface area contributed by atoms with Crippen LogP contribution < -0.4 is 10.1 Å². The van der Waals surface area contributed by atoms with Crippen molar-refractivity contribution in [3.8, 4) is 5.75 Å². The van der Waals surface area contributed by atoms with E-state index in [9.17, 15) is 0 Å². The third kappa shape index (κ3) is 7.12. The van der Waals surface area contributed by atoms with Gasteiger partial charge in [0.15, 0.2) is 0 Å². The lowest BCUT2D eigenvalue weighted by Crippen LogP contribution is -2.40. The summed E-state index contributed by atoms with van der Waals surface area (Å²) in [6.07, 6.45) is 2.03. The van der Waals surface area contributed by atoms with E-state index in [1.54, 1.807) is 0 Å². The molecule has 1 saturated heterocycles. The second-order valence-corrected chi connectivity index (χ2v) is 9.95. The van der Waals surface area contributed by atoms with Crippen molar-refractivity contribution in [2.24, 2.45) is 0 Å². The SMILES string of the molecule is Clc1ccccc1COCCCOc1ccc(C2CCNCC2OCc2ccc3ccccc3c2)cc1. The highest BCUT2D eigenvalue weighted by Gasteiger charge is 2.27. The van der Waals surface area contributed by atoms with Gasteiger partial charge in [0.2, 0.25) is 0 Å². The van der Waals surface area contributed by atoms with Crippen LogP contribution in [-0.4, -0.2) is 32.4 Å². The van der Waals surface area contributed by atoms with Crippen LogP contribution in [0.4, 0.5) is 0 Å². The summed E-state index contributed by atoms with van der Waals surface area (Å²) >= 11 is 6.17. The largest absolute Gasteiger partial charge is 0.494 e. The molecule has 5 heteroatoms. The van der Waals surface area contributed by atoms with Gasteiger partial charge in [-0.1, -0.05) is 78.3 Å². The van der Waals surface area contributed by atoms with E-state index in [2.05, 4.69) is 72.0 Å². The van der Waals surface area contributed by atoms with Gasteiger partial charge < -0.3 is 19.5 Å². The van der Waals surface area contributed by atoms with Crippen molar-refractivity contribution in [1.29, 1.82) is 0 Å². The van der Waals surface area contributed by atoms with Crippen molar-refractivity contribution >= 4 is 22.4 Å². The van der Waals surface area contributed by atoms with Crippen LogP contribution in [0.5, 0.6) is 5.75 Å². The Morgan fingerprint density at radius 2 is 1.62 bits per heavy atom. The summed E-state index contributed by atoms with van der Waals surface area (Å²) in [6, 6.07) is 31.3. The fourth-order valence-electron chi connectivity index (χ4n) is 4.88. The van der Waals surface area contributed by atoms with E-state index in [0.717, 1.165) is 42.3 Å². The molecule has 5 rings (SSSR count). The van der Waals surface area contributed by atoms with E-state index in [4.69, 9.17) is 25.8 Å². The molecule has 4 nitrogen and oxygen atoms in total. The second kappa shape index (κ2) is 13.1. The summed E-state index contributed by atoms with van der Waals surface area (Å²) in [4.78, 5) is 0. The third-order valence-electron chi connectivity index (χ3n) is 6.93. The van der Waals surface area contributed by atoms with Gasteiger partial charge in [-0.15, -0.1) is 0 Å². The predicted molar refractivity (Wildman–Crippen MR) is 150 cm³/mol. The molecule has 0 aliphatic carbocycles. The molecule has 0 amide bonds. The smallest absolute Gasteiger partial charge is 0.119 e. The Morgan fingerprint density at radius 1 is 0.811 bits per heavy atom. The zero-order chi connectivity index (χ0) is 25.3. The highest BCUT2D eigenvalue weighted by Crippen LogP contribution is 2.30. The van der Waals surface area contributed by atoms with Crippen LogP contribution in [0, 0.1) is 0 Å². The highest BCUT2D eigenvalue weighted by molar-refractivity contribution is 6.31. The number of rotatable bonds is 11. The number of benzene rings is 4. The van der Waals surface area contributed by atoms with Gasteiger partial charge in [-0.2, -0.15) is 0 Å². The number of hydrogen-bond acceptors (Lipinski definition) is 4. The molecule has 0 radical (unpaired) electrons. The minimum Gasteiger partial charge on any atom is -0.494 e. The van der Waals surface area contributed by atoms with E-state index in [-0.39, 0.29) is 6.10 Å². The molecule has 1 heterocycles. The summed E-state index contributed by atoms with van der Waals surface area (Å²) in [5.41, 5.74) is 3.53. The number of piperidine rings is 1. The molecule has 0 bridgehead atoms. The minimum absolute atomic E-state index is 0.141. The van der Waals surface area contributed by atoms with Crippen LogP contribution in [0.25, 0.3) is 10.8 Å². The fourth-order valence-corrected chi connectivity index (χ4v) is 5.07. The van der Waals surface area contributed by atoms with E-state index in [1.165, 1.54) is 21.9 Å². The number of fused-ring (bicyclic) bond motifs is 1. The first-order chi connectivity index (χ1) is 18.3. The van der Waals surface area contributed by atoms with Crippen LogP contribution in [0.3, 0.4) is 0 Å². The molecular formula is C32H34ClNO3. The van der Waals surface area contributed by atoms with Crippen molar-refractivity contribution in [2.75, 3.05) is 26.3 Å². The zero-order valence-electron chi connectivity index (χ0n) is 21.1. The standard InChI is InChI=1S/C32H34ClNO3/c33-31-9-4-3-8-28(31)23-35-18-5-19-36-29-14-12-26(13-15-29)30-16-17-34-21-32(30)37-22-24-10-11-25-6-1-2-7-27(25)20-24/h1-4,6-15,20,30,32,34H,5,16-19,21-23H2. The van der Waals surface area contributed by atoms with Crippen LogP contribution in [0.1, 0.15) is 35.4 Å². The third-order valence-corrected chi connectivity index (χ3v) is 7.30. The summed E-state index contributed by atoms with van der Waals surface area (Å²) < 4.78 is 18.1. The van der Waals surface area contributed by atoms with Crippen molar-refractivity contribution in [1.82, 2.24) is 5.32 Å². The molecule has 0 saturated carbocycles. The molecule has 1 N–H and O–H groups in total. The van der Waals surface area contributed by atoms with Crippen LogP contribution in [0.15, 0.2) is 91.0 Å². The lowest BCUT2D eigenvalue weighted by Gasteiger charge is -2.32. The van der Waals surface area contributed by atoms with E-state index in [0.29, 0.717) is 32.3 Å². The van der Waals surface area contributed by atoms with Gasteiger partial charge in [-0.25, -0.2) is 0 Å². The number of halogens is 1. The summed E-state index contributed by atoms with van der Waals surface area (Å²) in [5.74, 6) is 1.26. The van der Waals surface area contributed by atoms with Crippen molar-refractivity contribution in [3.05, 3.63) is 113 Å². The van der Waals surface area contributed by atoms with Crippen molar-refractivity contribution in [2.45, 2.75) is 38.1 Å². The molecular weight excluding hydrogens is 482 g/mol. The van der Waals surface area contributed by atoms with E-state index in [1.807, 2.05) is 24.3 Å². The number of ether oxygens (including phenoxy) is 3. The predicted octanol–water partition coefficient (Wildman–Crippen LogP) is 7.14. The summed E-state index contributed by atoms with van der Waals surface area (Å²) in [5, 5.41) is 6.76. The van der Waals surface area contributed by atoms with Gasteiger partial charge in [0.1, 0.15) is 5.75 Å². The molecule has 1 fully saturated rings. The number of hydrogen-bond donors (Lipinski definition) is 1. The highest BCUT2D eigenvalue weighted by atomic mass is 35.5. The molecule has 37 heavy (non-hydrogen) atoms. The van der Waals surface area contributed by atoms with Crippen molar-refractivity contribution in [3.63, 3.8) is 0 Å². The van der Waals surface area contributed by atoms with Crippen molar-refractivity contribution < 1.29 is 14.2 Å². The normalized spacial score (nSPS) is 17.6. The first kappa shape index (κ1) is 25.7. The first-order valence-electron chi connectivity index (χ1n) is 13.1. The number of nitrogens with one attached hydrogen (secondary N) is 1. The van der Waals surface area contributed by atoms with Gasteiger partial charge in [-0.3, -0.25) is 0 Å². The average molecular weight is 516 g/mol. The maximum Gasteiger partial charge on any atom is 0.119 e. The van der Waals surface area contributed by atoms with Gasteiger partial charge in [-0.05, 0) is 64.7 Å². The van der Waals surface area contributed by atoms with Crippen LogP contribution >= 0.6 is 11.6 Å². The van der Waals surface area contributed by atoms with Gasteiger partial charge in [0.25, 0.3) is 0 Å². The Morgan fingerprint density at radius 3 is 2.49 bits per heavy atom. The average Bonchev–Trinajstić information content (AvgIpc) is 2.95. The quantitative estimate of drug-likeness (QED) is 0.215. The molecule has 0 spiro atoms. The van der Waals surface area contributed by atoms with Gasteiger partial charge in [0, 0.05) is 23.9 Å². The van der Waals surface area contributed by atoms with Gasteiger partial charge >= 0.3 is 0 Å². The molecule has 2 unspecified atom stereocenters. The van der Waals surface area contributed by atoms with Gasteiger partial charge in [0.05, 0.1) is 32.5 Å². The topological polar surface area (TPSA) is 39.7 Å². The van der Waals surface area contributed by atoms with E-state index >= 15 is 0 Å². The Balaban J connectivity index is 1.08. The lowest BCUT2D eigenvalue weighted by atomic mass is 9.87. The Labute approximate surface area is 224 Å². The zero-order valence-corrected chi connectivity index (χ0v) is 21.8. The molecule has 2 atom stereocenters. The molecule has 4 aromatic rings. The van der Waals surface area contributed by atoms with Crippen LogP contribution in [-0.2, 0) is 22.7 Å². The van der Waals surface area contributed by atoms with E-state index < -0.39 is 0 Å². The first-order valence-corrected chi connectivity index (χ1v) is 13.5. The summed E-state index contributed by atoms with van der Waals surface area (Å²) in [7, 11) is 0. The summed E-state index contributed by atoms with van der Waals surface area (Å²) in [6.45, 7) is 4.26. The molecule has 1 aliphatic heterocycles. The Hall–Kier alpha value is -2.89. The Bertz CT molecular complexity index is 1280. The molecule has 4 aromatic carbocycles. The molecule has 0 aromatic heterocycles. The van der Waals surface area contributed by atoms with Crippen LogP contribution in [0.2, 0.25) is 5.02 Å². The second-order valence-electron chi connectivity index (χ2n) is 9.55. The maximum atomic E-state index is 6.44. The minimum atomic E-state index is 0.141. The molecule has 1 aliphatic rings. The molecule has 192 valence electrons. The fraction of sp³-hybridized carbons (Fsp3) is 0.312. The lowest BCUT2D eigenvalue weighted by molar-refractivity contribution is 0.0106. The Kier molecular flexibility index (Phi) is 9.09. The monoisotopic (exact) mass is 515 g/mol.